The van der Waals surface area contributed by atoms with Gasteiger partial charge >= 0.3 is 0 Å². The monoisotopic (exact) mass is 304 g/mol. The molecule has 1 aliphatic rings. The van der Waals surface area contributed by atoms with E-state index in [4.69, 9.17) is 12.2 Å². The zero-order valence-corrected chi connectivity index (χ0v) is 13.8. The van der Waals surface area contributed by atoms with Crippen LogP contribution in [-0.4, -0.2) is 16.9 Å². The van der Waals surface area contributed by atoms with Crippen LogP contribution in [0.25, 0.3) is 0 Å². The summed E-state index contributed by atoms with van der Waals surface area (Å²) in [6.07, 6.45) is 3.75. The molecule has 2 rings (SSSR count). The van der Waals surface area contributed by atoms with Gasteiger partial charge < -0.3 is 10.6 Å². The number of hydrogen-bond acceptors (Lipinski definition) is 2. The molecular formula is C17H24N2OS. The number of carbonyl (C=O) groups excluding carboxylic acids is 1. The van der Waals surface area contributed by atoms with E-state index in [9.17, 15) is 4.79 Å². The van der Waals surface area contributed by atoms with Gasteiger partial charge in [-0.15, -0.1) is 0 Å². The number of rotatable bonds is 3. The van der Waals surface area contributed by atoms with Gasteiger partial charge in [-0.2, -0.15) is 0 Å². The number of carbonyl (C=O) groups is 1. The third-order valence-electron chi connectivity index (χ3n) is 4.57. The smallest absolute Gasteiger partial charge is 0.171 e. The molecular weight excluding hydrogens is 280 g/mol. The van der Waals surface area contributed by atoms with Gasteiger partial charge in [0.15, 0.2) is 10.9 Å². The minimum absolute atomic E-state index is 0.0762. The Kier molecular flexibility index (Phi) is 5.34. The molecule has 0 amide bonds. The van der Waals surface area contributed by atoms with Gasteiger partial charge in [0.25, 0.3) is 0 Å². The topological polar surface area (TPSA) is 41.1 Å². The lowest BCUT2D eigenvalue weighted by Gasteiger charge is -2.35. The van der Waals surface area contributed by atoms with E-state index >= 15 is 0 Å². The number of thiocarbonyl (C=S) groups is 1. The first kappa shape index (κ1) is 16.0. The Morgan fingerprint density at radius 3 is 2.48 bits per heavy atom. The molecule has 3 nitrogen and oxygen atoms in total. The average Bonchev–Trinajstić information content (AvgIpc) is 2.44. The Labute approximate surface area is 132 Å². The quantitative estimate of drug-likeness (QED) is 0.654. The summed E-state index contributed by atoms with van der Waals surface area (Å²) in [7, 11) is 0. The maximum atomic E-state index is 11.2. The van der Waals surface area contributed by atoms with Gasteiger partial charge in [0.05, 0.1) is 0 Å². The van der Waals surface area contributed by atoms with E-state index in [-0.39, 0.29) is 5.78 Å². The minimum Gasteiger partial charge on any atom is -0.359 e. The van der Waals surface area contributed by atoms with E-state index in [2.05, 4.69) is 24.5 Å². The highest BCUT2D eigenvalue weighted by molar-refractivity contribution is 7.80. The van der Waals surface area contributed by atoms with E-state index in [1.807, 2.05) is 24.3 Å². The van der Waals surface area contributed by atoms with Gasteiger partial charge in [0, 0.05) is 17.3 Å². The summed E-state index contributed by atoms with van der Waals surface area (Å²) in [6, 6.07) is 7.86. The van der Waals surface area contributed by atoms with E-state index in [1.165, 1.54) is 19.3 Å². The second-order valence-electron chi connectivity index (χ2n) is 6.11. The number of ketones is 1. The van der Waals surface area contributed by atoms with Crippen LogP contribution in [0.2, 0.25) is 0 Å². The first-order valence-electron chi connectivity index (χ1n) is 7.66. The summed E-state index contributed by atoms with van der Waals surface area (Å²) in [5.74, 6) is 1.46. The van der Waals surface area contributed by atoms with E-state index in [0.717, 1.165) is 11.6 Å². The van der Waals surface area contributed by atoms with Crippen LogP contribution in [-0.2, 0) is 0 Å². The zero-order valence-electron chi connectivity index (χ0n) is 13.0. The van der Waals surface area contributed by atoms with Crippen molar-refractivity contribution in [1.82, 2.24) is 5.32 Å². The van der Waals surface area contributed by atoms with Crippen molar-refractivity contribution < 1.29 is 4.79 Å². The lowest BCUT2D eigenvalue weighted by molar-refractivity contribution is 0.101. The number of anilines is 1. The van der Waals surface area contributed by atoms with E-state index in [0.29, 0.717) is 22.6 Å². The summed E-state index contributed by atoms with van der Waals surface area (Å²) >= 11 is 5.40. The van der Waals surface area contributed by atoms with Gasteiger partial charge in [-0.1, -0.05) is 26.7 Å². The molecule has 0 spiro atoms. The molecule has 2 N–H and O–H groups in total. The maximum Gasteiger partial charge on any atom is 0.171 e. The average molecular weight is 304 g/mol. The standard InChI is InChI=1S/C17H24N2OS/c1-11-5-4-6-16(12(11)2)19-17(21)18-15-9-7-14(8-10-15)13(3)20/h7-12,16H,4-6H2,1-3H3,(H2,18,19,21)/t11-,12-,16-/m0/s1. The number of hydrogen-bond donors (Lipinski definition) is 2. The van der Waals surface area contributed by atoms with Crippen LogP contribution < -0.4 is 10.6 Å². The fourth-order valence-corrected chi connectivity index (χ4v) is 3.18. The fraction of sp³-hybridized carbons (Fsp3) is 0.529. The molecule has 0 unspecified atom stereocenters. The molecule has 3 atom stereocenters. The summed E-state index contributed by atoms with van der Waals surface area (Å²) < 4.78 is 0. The van der Waals surface area contributed by atoms with Crippen molar-refractivity contribution in [3.8, 4) is 0 Å². The molecule has 1 aliphatic carbocycles. The third-order valence-corrected chi connectivity index (χ3v) is 4.79. The summed E-state index contributed by atoms with van der Waals surface area (Å²) in [5, 5.41) is 7.30. The molecule has 0 saturated heterocycles. The molecule has 1 saturated carbocycles. The molecule has 1 fully saturated rings. The van der Waals surface area contributed by atoms with Gasteiger partial charge in [0.1, 0.15) is 0 Å². The molecule has 0 bridgehead atoms. The zero-order chi connectivity index (χ0) is 15.4. The van der Waals surface area contributed by atoms with Crippen molar-refractivity contribution >= 4 is 28.8 Å². The summed E-state index contributed by atoms with van der Waals surface area (Å²) in [6.45, 7) is 6.18. The van der Waals surface area contributed by atoms with Crippen LogP contribution in [0.15, 0.2) is 24.3 Å². The second kappa shape index (κ2) is 7.03. The highest BCUT2D eigenvalue weighted by Crippen LogP contribution is 2.29. The number of Topliss-reactive ketones (excluding diaryl/α,β-unsaturated/α-hetero) is 1. The minimum atomic E-state index is 0.0762. The Morgan fingerprint density at radius 1 is 1.19 bits per heavy atom. The van der Waals surface area contributed by atoms with Crippen LogP contribution >= 0.6 is 12.2 Å². The molecule has 4 heteroatoms. The first-order chi connectivity index (χ1) is 9.97. The first-order valence-corrected chi connectivity index (χ1v) is 8.06. The lowest BCUT2D eigenvalue weighted by Crippen LogP contribution is -2.45. The van der Waals surface area contributed by atoms with Crippen molar-refractivity contribution in [3.63, 3.8) is 0 Å². The highest BCUT2D eigenvalue weighted by Gasteiger charge is 2.27. The Bertz CT molecular complexity index is 512. The molecule has 1 aromatic carbocycles. The SMILES string of the molecule is CC(=O)c1ccc(NC(=S)N[C@H]2CCC[C@H](C)[C@@H]2C)cc1. The van der Waals surface area contributed by atoms with E-state index in [1.54, 1.807) is 6.92 Å². The molecule has 114 valence electrons. The maximum absolute atomic E-state index is 11.2. The van der Waals surface area contributed by atoms with Crippen molar-refractivity contribution in [2.24, 2.45) is 11.8 Å². The van der Waals surface area contributed by atoms with Crippen molar-refractivity contribution in [1.29, 1.82) is 0 Å². The molecule has 0 aliphatic heterocycles. The van der Waals surface area contributed by atoms with Crippen molar-refractivity contribution in [3.05, 3.63) is 29.8 Å². The summed E-state index contributed by atoms with van der Waals surface area (Å²) in [5.41, 5.74) is 1.63. The van der Waals surface area contributed by atoms with Crippen molar-refractivity contribution in [2.75, 3.05) is 5.32 Å². The third kappa shape index (κ3) is 4.27. The van der Waals surface area contributed by atoms with Gasteiger partial charge in [-0.25, -0.2) is 0 Å². The predicted molar refractivity (Wildman–Crippen MR) is 91.8 cm³/mol. The number of nitrogens with one attached hydrogen (secondary N) is 2. The van der Waals surface area contributed by atoms with Crippen LogP contribution in [0.5, 0.6) is 0 Å². The second-order valence-corrected chi connectivity index (χ2v) is 6.51. The lowest BCUT2D eigenvalue weighted by atomic mass is 9.78. The molecule has 1 aromatic rings. The van der Waals surface area contributed by atoms with Gasteiger partial charge in [-0.05, 0) is 61.7 Å². The molecule has 0 heterocycles. The summed E-state index contributed by atoms with van der Waals surface area (Å²) in [4.78, 5) is 11.2. The van der Waals surface area contributed by atoms with Gasteiger partial charge in [0.2, 0.25) is 0 Å². The van der Waals surface area contributed by atoms with E-state index < -0.39 is 0 Å². The predicted octanol–water partition coefficient (Wildman–Crippen LogP) is 4.00. The van der Waals surface area contributed by atoms with Gasteiger partial charge in [-0.3, -0.25) is 4.79 Å². The normalized spacial score (nSPS) is 25.2. The van der Waals surface area contributed by atoms with Crippen LogP contribution in [0.1, 0.15) is 50.4 Å². The molecule has 0 aromatic heterocycles. The Hall–Kier alpha value is -1.42. The Balaban J connectivity index is 1.90. The number of benzene rings is 1. The van der Waals surface area contributed by atoms with Crippen LogP contribution in [0, 0.1) is 11.8 Å². The van der Waals surface area contributed by atoms with Crippen LogP contribution in [0.4, 0.5) is 5.69 Å². The van der Waals surface area contributed by atoms with Crippen molar-refractivity contribution in [2.45, 2.75) is 46.1 Å². The molecule has 0 radical (unpaired) electrons. The Morgan fingerprint density at radius 2 is 1.86 bits per heavy atom. The van der Waals surface area contributed by atoms with Crippen LogP contribution in [0.3, 0.4) is 0 Å². The fourth-order valence-electron chi connectivity index (χ4n) is 2.91. The molecule has 21 heavy (non-hydrogen) atoms. The largest absolute Gasteiger partial charge is 0.359 e. The highest BCUT2D eigenvalue weighted by atomic mass is 32.1.